The average Bonchev–Trinajstić information content (AvgIpc) is 3.13. The maximum atomic E-state index is 12.1. The van der Waals surface area contributed by atoms with Crippen molar-refractivity contribution in [2.24, 2.45) is 0 Å². The molecule has 1 spiro atoms. The summed E-state index contributed by atoms with van der Waals surface area (Å²) in [7, 11) is 3.11. The number of fused-ring (bicyclic) bond motifs is 2. The molecular weight excluding hydrogens is 218 g/mol. The maximum Gasteiger partial charge on any atom is 0.337 e. The van der Waals surface area contributed by atoms with Gasteiger partial charge in [-0.25, -0.2) is 4.79 Å². The number of methoxy groups -OCH3 is 1. The van der Waals surface area contributed by atoms with E-state index in [0.29, 0.717) is 5.56 Å². The van der Waals surface area contributed by atoms with Crippen LogP contribution in [-0.4, -0.2) is 26.0 Å². The summed E-state index contributed by atoms with van der Waals surface area (Å²) in [4.78, 5) is 25.2. The Morgan fingerprint density at radius 1 is 1.41 bits per heavy atom. The maximum absolute atomic E-state index is 12.1. The van der Waals surface area contributed by atoms with Crippen LogP contribution >= 0.6 is 0 Å². The van der Waals surface area contributed by atoms with Crippen LogP contribution in [0.15, 0.2) is 18.2 Å². The lowest BCUT2D eigenvalue weighted by molar-refractivity contribution is -0.119. The Labute approximate surface area is 99.2 Å². The molecule has 88 valence electrons. The second kappa shape index (κ2) is 3.09. The standard InChI is InChI=1S/C13H13NO3/c1-14-10-7-8(11(15)17-2)3-4-9(10)13(5-6-13)12(14)16/h3-4,7H,5-6H2,1-2H3. The first-order valence-electron chi connectivity index (χ1n) is 5.61. The molecule has 1 aliphatic heterocycles. The fourth-order valence-electron chi connectivity index (χ4n) is 2.61. The molecule has 1 saturated carbocycles. The quantitative estimate of drug-likeness (QED) is 0.688. The van der Waals surface area contributed by atoms with Crippen molar-refractivity contribution < 1.29 is 14.3 Å². The number of amides is 1. The highest BCUT2D eigenvalue weighted by Gasteiger charge is 2.58. The van der Waals surface area contributed by atoms with E-state index in [1.165, 1.54) is 7.11 Å². The van der Waals surface area contributed by atoms with E-state index in [1.54, 1.807) is 24.1 Å². The van der Waals surface area contributed by atoms with Gasteiger partial charge in [-0.1, -0.05) is 6.07 Å². The van der Waals surface area contributed by atoms with Crippen LogP contribution in [0.3, 0.4) is 0 Å². The van der Waals surface area contributed by atoms with Gasteiger partial charge < -0.3 is 9.64 Å². The first-order chi connectivity index (χ1) is 8.10. The van der Waals surface area contributed by atoms with Crippen LogP contribution in [0.25, 0.3) is 0 Å². The van der Waals surface area contributed by atoms with Crippen LogP contribution in [0, 0.1) is 0 Å². The van der Waals surface area contributed by atoms with E-state index in [4.69, 9.17) is 0 Å². The molecule has 3 rings (SSSR count). The van der Waals surface area contributed by atoms with Crippen molar-refractivity contribution in [3.05, 3.63) is 29.3 Å². The lowest BCUT2D eigenvalue weighted by Crippen LogP contribution is -2.27. The van der Waals surface area contributed by atoms with Crippen molar-refractivity contribution in [1.29, 1.82) is 0 Å². The summed E-state index contributed by atoms with van der Waals surface area (Å²) in [5.74, 6) is -0.222. The largest absolute Gasteiger partial charge is 0.465 e. The zero-order valence-electron chi connectivity index (χ0n) is 9.82. The molecule has 1 aliphatic carbocycles. The Kier molecular flexibility index (Phi) is 1.88. The predicted octanol–water partition coefficient (Wildman–Crippen LogP) is 1.48. The molecule has 1 heterocycles. The first-order valence-corrected chi connectivity index (χ1v) is 5.61. The van der Waals surface area contributed by atoms with E-state index in [9.17, 15) is 9.59 Å². The van der Waals surface area contributed by atoms with Gasteiger partial charge in [-0.05, 0) is 30.5 Å². The molecule has 0 unspecified atom stereocenters. The molecule has 1 aromatic rings. The van der Waals surface area contributed by atoms with Gasteiger partial charge in [-0.2, -0.15) is 0 Å². The minimum absolute atomic E-state index is 0.148. The summed E-state index contributed by atoms with van der Waals surface area (Å²) in [6.45, 7) is 0. The number of ether oxygens (including phenoxy) is 1. The van der Waals surface area contributed by atoms with E-state index in [0.717, 1.165) is 24.1 Å². The van der Waals surface area contributed by atoms with Crippen LogP contribution in [0.1, 0.15) is 28.8 Å². The van der Waals surface area contributed by atoms with Crippen molar-refractivity contribution in [3.8, 4) is 0 Å². The number of nitrogens with zero attached hydrogens (tertiary/aromatic N) is 1. The highest BCUT2D eigenvalue weighted by molar-refractivity contribution is 6.10. The molecule has 0 bridgehead atoms. The molecule has 17 heavy (non-hydrogen) atoms. The summed E-state index contributed by atoms with van der Waals surface area (Å²) in [6.07, 6.45) is 1.83. The van der Waals surface area contributed by atoms with Gasteiger partial charge in [-0.3, -0.25) is 4.79 Å². The van der Waals surface area contributed by atoms with Gasteiger partial charge in [0, 0.05) is 12.7 Å². The average molecular weight is 231 g/mol. The summed E-state index contributed by atoms with van der Waals surface area (Å²) < 4.78 is 4.68. The highest BCUT2D eigenvalue weighted by Crippen LogP contribution is 2.56. The zero-order chi connectivity index (χ0) is 12.2. The second-order valence-electron chi connectivity index (χ2n) is 4.67. The molecule has 0 atom stereocenters. The van der Waals surface area contributed by atoms with E-state index in [2.05, 4.69) is 4.74 Å². The fourth-order valence-corrected chi connectivity index (χ4v) is 2.61. The molecule has 0 radical (unpaired) electrons. The van der Waals surface area contributed by atoms with Gasteiger partial charge in [0.1, 0.15) is 0 Å². The fraction of sp³-hybridized carbons (Fsp3) is 0.385. The lowest BCUT2D eigenvalue weighted by Gasteiger charge is -2.10. The minimum Gasteiger partial charge on any atom is -0.465 e. The first kappa shape index (κ1) is 10.3. The predicted molar refractivity (Wildman–Crippen MR) is 62.1 cm³/mol. The van der Waals surface area contributed by atoms with E-state index in [-0.39, 0.29) is 17.3 Å². The van der Waals surface area contributed by atoms with Crippen molar-refractivity contribution >= 4 is 17.6 Å². The van der Waals surface area contributed by atoms with Crippen LogP contribution in [0.4, 0.5) is 5.69 Å². The van der Waals surface area contributed by atoms with Gasteiger partial charge in [0.2, 0.25) is 5.91 Å². The Balaban J connectivity index is 2.12. The third kappa shape index (κ3) is 1.18. The molecule has 4 heteroatoms. The number of rotatable bonds is 1. The minimum atomic E-state index is -0.370. The van der Waals surface area contributed by atoms with E-state index >= 15 is 0 Å². The molecule has 0 saturated heterocycles. The summed E-state index contributed by atoms with van der Waals surface area (Å²) in [6, 6.07) is 5.36. The molecule has 0 aromatic heterocycles. The van der Waals surface area contributed by atoms with Crippen LogP contribution in [0.5, 0.6) is 0 Å². The lowest BCUT2D eigenvalue weighted by atomic mass is 9.97. The Hall–Kier alpha value is -1.84. The van der Waals surface area contributed by atoms with Crippen molar-refractivity contribution in [1.82, 2.24) is 0 Å². The zero-order valence-corrected chi connectivity index (χ0v) is 9.82. The third-order valence-corrected chi connectivity index (χ3v) is 3.76. The number of hydrogen-bond acceptors (Lipinski definition) is 3. The van der Waals surface area contributed by atoms with E-state index in [1.807, 2.05) is 6.07 Å². The summed E-state index contributed by atoms with van der Waals surface area (Å²) in [5.41, 5.74) is 2.11. The van der Waals surface area contributed by atoms with Crippen LogP contribution in [0.2, 0.25) is 0 Å². The SMILES string of the molecule is COC(=O)c1ccc2c(c1)N(C)C(=O)C21CC1. The number of likely N-dealkylation sites (N-methyl/N-ethyl adjacent to an activating group) is 1. The number of carbonyl (C=O) groups excluding carboxylic acids is 2. The van der Waals surface area contributed by atoms with Gasteiger partial charge in [0.05, 0.1) is 18.1 Å². The molecule has 1 fully saturated rings. The third-order valence-electron chi connectivity index (χ3n) is 3.76. The topological polar surface area (TPSA) is 46.6 Å². The Morgan fingerprint density at radius 2 is 2.12 bits per heavy atom. The van der Waals surface area contributed by atoms with Crippen LogP contribution in [-0.2, 0) is 14.9 Å². The van der Waals surface area contributed by atoms with E-state index < -0.39 is 0 Å². The van der Waals surface area contributed by atoms with Gasteiger partial charge in [0.25, 0.3) is 0 Å². The number of benzene rings is 1. The summed E-state index contributed by atoms with van der Waals surface area (Å²) >= 11 is 0. The van der Waals surface area contributed by atoms with Crippen molar-refractivity contribution in [2.45, 2.75) is 18.3 Å². The van der Waals surface area contributed by atoms with Gasteiger partial charge in [0.15, 0.2) is 0 Å². The summed E-state index contributed by atoms with van der Waals surface area (Å²) in [5, 5.41) is 0. The molecule has 1 aromatic carbocycles. The molecule has 2 aliphatic rings. The molecule has 0 N–H and O–H groups in total. The second-order valence-corrected chi connectivity index (χ2v) is 4.67. The Morgan fingerprint density at radius 3 is 2.71 bits per heavy atom. The van der Waals surface area contributed by atoms with Crippen molar-refractivity contribution in [3.63, 3.8) is 0 Å². The molecule has 1 amide bonds. The van der Waals surface area contributed by atoms with Crippen molar-refractivity contribution in [2.75, 3.05) is 19.1 Å². The monoisotopic (exact) mass is 231 g/mol. The number of hydrogen-bond donors (Lipinski definition) is 0. The van der Waals surface area contributed by atoms with Gasteiger partial charge in [-0.15, -0.1) is 0 Å². The van der Waals surface area contributed by atoms with Gasteiger partial charge >= 0.3 is 5.97 Å². The van der Waals surface area contributed by atoms with Crippen LogP contribution < -0.4 is 4.90 Å². The number of esters is 1. The molecular formula is C13H13NO3. The Bertz CT molecular complexity index is 531. The number of carbonyl (C=O) groups is 2. The molecule has 4 nitrogen and oxygen atoms in total. The number of anilines is 1. The highest BCUT2D eigenvalue weighted by atomic mass is 16.5. The normalized spacial score (nSPS) is 19.4. The smallest absolute Gasteiger partial charge is 0.337 e.